The first kappa shape index (κ1) is 22.4. The van der Waals surface area contributed by atoms with Gasteiger partial charge in [0.15, 0.2) is 0 Å². The first-order valence-electron chi connectivity index (χ1n) is 11.3. The highest BCUT2D eigenvalue weighted by Crippen LogP contribution is 2.33. The number of aromatic nitrogens is 2. The highest BCUT2D eigenvalue weighted by molar-refractivity contribution is 5.80. The molecule has 1 N–H and O–H groups in total. The molecule has 2 aliphatic rings. The van der Waals surface area contributed by atoms with Crippen molar-refractivity contribution in [1.82, 2.24) is 14.5 Å². The Hall–Kier alpha value is -2.81. The van der Waals surface area contributed by atoms with Gasteiger partial charge in [-0.05, 0) is 39.8 Å². The van der Waals surface area contributed by atoms with Gasteiger partial charge >= 0.3 is 11.8 Å². The Balaban J connectivity index is 1.65. The number of carbonyl (C=O) groups is 1. The molecule has 0 aliphatic carbocycles. The van der Waals surface area contributed by atoms with E-state index in [0.717, 1.165) is 23.0 Å². The number of nitrogens with zero attached hydrogens (tertiary/aromatic N) is 3. The van der Waals surface area contributed by atoms with Crippen LogP contribution in [0, 0.1) is 0 Å². The summed E-state index contributed by atoms with van der Waals surface area (Å²) in [5.74, 6) is 0.691. The molecule has 1 aromatic heterocycles. The molecule has 1 fully saturated rings. The molecule has 9 nitrogen and oxygen atoms in total. The van der Waals surface area contributed by atoms with Crippen LogP contribution in [0.5, 0.6) is 5.75 Å². The van der Waals surface area contributed by atoms with Crippen LogP contribution in [-0.2, 0) is 17.8 Å². The largest absolute Gasteiger partial charge is 0.493 e. The molecule has 0 spiro atoms. The van der Waals surface area contributed by atoms with E-state index in [-0.39, 0.29) is 17.7 Å². The summed E-state index contributed by atoms with van der Waals surface area (Å²) in [5, 5.41) is 0.458. The number of rotatable bonds is 1. The van der Waals surface area contributed by atoms with Gasteiger partial charge in [-0.1, -0.05) is 0 Å². The van der Waals surface area contributed by atoms with E-state index < -0.39 is 11.3 Å². The zero-order valence-corrected chi connectivity index (χ0v) is 19.6. The number of carbonyl (C=O) groups excluding carboxylic acids is 1. The van der Waals surface area contributed by atoms with Gasteiger partial charge in [0.05, 0.1) is 49.8 Å². The van der Waals surface area contributed by atoms with Crippen LogP contribution in [0.1, 0.15) is 39.7 Å². The number of amides is 1. The van der Waals surface area contributed by atoms with E-state index in [9.17, 15) is 14.4 Å². The molecule has 32 heavy (non-hydrogen) atoms. The standard InChI is InChI=1S/C23H32N4O5/c1-6-26-20(28)17-12-19-15(11-18(17)24-21(26)29)14-27(5)9-8-25(13-16(27)7-10-31-19)22(30)32-23(2,3)4/h11-12,16H,6-10,13-14H2,1-5H3/p+1/t16-,27?/m1/s1. The SMILES string of the molecule is CCn1c(=O)[nH]c2cc3c(cc2c1=O)OCC[C@@H]1CN(C(=O)OC(C)(C)C)CC[N+]1(C)C3. The van der Waals surface area contributed by atoms with Gasteiger partial charge < -0.3 is 18.9 Å². The highest BCUT2D eigenvalue weighted by atomic mass is 16.6. The van der Waals surface area contributed by atoms with Crippen molar-refractivity contribution in [3.63, 3.8) is 0 Å². The van der Waals surface area contributed by atoms with Crippen molar-refractivity contribution in [2.24, 2.45) is 0 Å². The lowest BCUT2D eigenvalue weighted by Gasteiger charge is -2.49. The molecule has 2 aromatic rings. The van der Waals surface area contributed by atoms with Crippen LogP contribution in [0.3, 0.4) is 0 Å². The summed E-state index contributed by atoms with van der Waals surface area (Å²) in [7, 11) is 2.20. The molecule has 0 bridgehead atoms. The van der Waals surface area contributed by atoms with Crippen molar-refractivity contribution in [1.29, 1.82) is 0 Å². The van der Waals surface area contributed by atoms with Crippen molar-refractivity contribution in [3.8, 4) is 5.75 Å². The van der Waals surface area contributed by atoms with Gasteiger partial charge in [-0.25, -0.2) is 9.59 Å². The average molecular weight is 446 g/mol. The minimum atomic E-state index is -0.524. The fraction of sp³-hybridized carbons (Fsp3) is 0.609. The molecule has 0 radical (unpaired) electrons. The number of nitrogens with one attached hydrogen (secondary N) is 1. The number of piperazine rings is 1. The Kier molecular flexibility index (Phi) is 5.56. The second-order valence-electron chi connectivity index (χ2n) is 10.1. The zero-order valence-electron chi connectivity index (χ0n) is 19.6. The monoisotopic (exact) mass is 445 g/mol. The van der Waals surface area contributed by atoms with Crippen LogP contribution in [0.2, 0.25) is 0 Å². The maximum atomic E-state index is 12.7. The topological polar surface area (TPSA) is 93.6 Å². The number of hydrogen-bond acceptors (Lipinski definition) is 5. The zero-order chi connectivity index (χ0) is 23.3. The maximum absolute atomic E-state index is 12.7. The normalized spacial score (nSPS) is 23.5. The molecule has 1 aromatic carbocycles. The van der Waals surface area contributed by atoms with Crippen LogP contribution >= 0.6 is 0 Å². The molecule has 2 atom stereocenters. The van der Waals surface area contributed by atoms with Crippen LogP contribution < -0.4 is 16.0 Å². The predicted molar refractivity (Wildman–Crippen MR) is 121 cm³/mol. The van der Waals surface area contributed by atoms with E-state index in [1.807, 2.05) is 26.8 Å². The Morgan fingerprint density at radius 3 is 2.75 bits per heavy atom. The van der Waals surface area contributed by atoms with Crippen molar-refractivity contribution < 1.29 is 18.8 Å². The third-order valence-corrected chi connectivity index (χ3v) is 6.56. The van der Waals surface area contributed by atoms with Gasteiger partial charge in [0, 0.05) is 13.0 Å². The number of ether oxygens (including phenoxy) is 2. The quantitative estimate of drug-likeness (QED) is 0.678. The number of H-pyrrole nitrogens is 1. The molecule has 1 saturated heterocycles. The van der Waals surface area contributed by atoms with E-state index in [4.69, 9.17) is 9.47 Å². The fourth-order valence-corrected chi connectivity index (χ4v) is 4.74. The molecule has 9 heteroatoms. The average Bonchev–Trinajstić information content (AvgIpc) is 2.67. The summed E-state index contributed by atoms with van der Waals surface area (Å²) in [5.41, 5.74) is 0.261. The minimum absolute atomic E-state index is 0.201. The predicted octanol–water partition coefficient (Wildman–Crippen LogP) is 2.06. The van der Waals surface area contributed by atoms with E-state index >= 15 is 0 Å². The van der Waals surface area contributed by atoms with Crippen LogP contribution in [0.15, 0.2) is 21.7 Å². The summed E-state index contributed by atoms with van der Waals surface area (Å²) in [6, 6.07) is 3.84. The third-order valence-electron chi connectivity index (χ3n) is 6.56. The van der Waals surface area contributed by atoms with Crippen molar-refractivity contribution in [3.05, 3.63) is 38.5 Å². The van der Waals surface area contributed by atoms with E-state index in [0.29, 0.717) is 49.4 Å². The Bertz CT molecular complexity index is 1160. The van der Waals surface area contributed by atoms with Gasteiger partial charge in [-0.2, -0.15) is 0 Å². The molecule has 2 aliphatic heterocycles. The van der Waals surface area contributed by atoms with Crippen LogP contribution in [-0.4, -0.2) is 70.0 Å². The Morgan fingerprint density at radius 2 is 2.06 bits per heavy atom. The maximum Gasteiger partial charge on any atom is 0.410 e. The van der Waals surface area contributed by atoms with Gasteiger partial charge in [-0.15, -0.1) is 0 Å². The molecule has 3 heterocycles. The number of hydrogen-bond donors (Lipinski definition) is 1. The van der Waals surface area contributed by atoms with E-state index in [2.05, 4.69) is 12.0 Å². The third kappa shape index (κ3) is 4.13. The first-order chi connectivity index (χ1) is 15.0. The number of benzene rings is 1. The molecule has 174 valence electrons. The molecule has 1 amide bonds. The minimum Gasteiger partial charge on any atom is -0.493 e. The van der Waals surface area contributed by atoms with Crippen molar-refractivity contribution in [2.45, 2.75) is 58.8 Å². The summed E-state index contributed by atoms with van der Waals surface area (Å²) in [4.78, 5) is 42.3. The number of likely N-dealkylation sites (N-methyl/N-ethyl adjacent to an activating group) is 1. The highest BCUT2D eigenvalue weighted by Gasteiger charge is 2.42. The second-order valence-corrected chi connectivity index (χ2v) is 10.1. The lowest BCUT2D eigenvalue weighted by atomic mass is 10.0. The number of quaternary nitrogens is 1. The van der Waals surface area contributed by atoms with Crippen LogP contribution in [0.25, 0.3) is 10.9 Å². The number of aromatic amines is 1. The van der Waals surface area contributed by atoms with Gasteiger partial charge in [0.1, 0.15) is 23.9 Å². The molecular weight excluding hydrogens is 412 g/mol. The first-order valence-corrected chi connectivity index (χ1v) is 11.3. The van der Waals surface area contributed by atoms with E-state index in [1.54, 1.807) is 17.9 Å². The lowest BCUT2D eigenvalue weighted by molar-refractivity contribution is -0.950. The summed E-state index contributed by atoms with van der Waals surface area (Å²) < 4.78 is 13.6. The molecular formula is C23H33N4O5+. The molecule has 1 unspecified atom stereocenters. The number of fused-ring (bicyclic) bond motifs is 3. The Morgan fingerprint density at radius 1 is 1.31 bits per heavy atom. The second kappa shape index (κ2) is 7.95. The van der Waals surface area contributed by atoms with Gasteiger partial charge in [0.25, 0.3) is 5.56 Å². The van der Waals surface area contributed by atoms with Crippen LogP contribution in [0.4, 0.5) is 4.79 Å². The van der Waals surface area contributed by atoms with Gasteiger partial charge in [-0.3, -0.25) is 14.3 Å². The van der Waals surface area contributed by atoms with Gasteiger partial charge in [0.2, 0.25) is 0 Å². The summed E-state index contributed by atoms with van der Waals surface area (Å²) in [6.45, 7) is 10.9. The van der Waals surface area contributed by atoms with Crippen molar-refractivity contribution >= 4 is 17.0 Å². The molecule has 0 saturated carbocycles. The van der Waals surface area contributed by atoms with E-state index in [1.165, 1.54) is 4.57 Å². The van der Waals surface area contributed by atoms with Crippen molar-refractivity contribution in [2.75, 3.05) is 33.3 Å². The molecule has 4 rings (SSSR count). The smallest absolute Gasteiger partial charge is 0.410 e. The Labute approximate surface area is 187 Å². The summed E-state index contributed by atoms with van der Waals surface area (Å²) >= 11 is 0. The summed E-state index contributed by atoms with van der Waals surface area (Å²) in [6.07, 6.45) is 0.515. The fourth-order valence-electron chi connectivity index (χ4n) is 4.74. The lowest BCUT2D eigenvalue weighted by Crippen LogP contribution is -2.64.